The highest BCUT2D eigenvalue weighted by molar-refractivity contribution is 5.91. The lowest BCUT2D eigenvalue weighted by molar-refractivity contribution is -0.117. The lowest BCUT2D eigenvalue weighted by Crippen LogP contribution is -2.24. The molecule has 2 aliphatic carbocycles. The van der Waals surface area contributed by atoms with Gasteiger partial charge in [0, 0.05) is 6.42 Å². The Bertz CT molecular complexity index is 267. The van der Waals surface area contributed by atoms with Crippen molar-refractivity contribution in [1.29, 1.82) is 0 Å². The first-order chi connectivity index (χ1) is 6.57. The Hall–Kier alpha value is -0.590. The summed E-state index contributed by atoms with van der Waals surface area (Å²) in [5.74, 6) is 1.08. The van der Waals surface area contributed by atoms with E-state index in [0.717, 1.165) is 18.8 Å². The molecule has 0 spiro atoms. The molecule has 0 saturated heterocycles. The van der Waals surface area contributed by atoms with E-state index < -0.39 is 0 Å². The van der Waals surface area contributed by atoms with Crippen LogP contribution in [-0.2, 0) is 4.79 Å². The Labute approximate surface area is 86.6 Å². The van der Waals surface area contributed by atoms with Crippen molar-refractivity contribution in [3.05, 3.63) is 11.6 Å². The summed E-state index contributed by atoms with van der Waals surface area (Å²) in [4.78, 5) is 11.6. The largest absolute Gasteiger partial charge is 0.295 e. The lowest BCUT2D eigenvalue weighted by atomic mass is 9.73. The number of allylic oxidation sites excluding steroid dienone is 2. The summed E-state index contributed by atoms with van der Waals surface area (Å²) in [7, 11) is 0. The van der Waals surface area contributed by atoms with Gasteiger partial charge in [-0.25, -0.2) is 0 Å². The number of ketones is 1. The standard InChI is InChI=1S/C13H20O/c1-13(2)8-11(7-12(14)9-13)10-5-3-4-6-10/h7,10H,3-6,8-9H2,1-2H3. The van der Waals surface area contributed by atoms with Gasteiger partial charge in [0.2, 0.25) is 0 Å². The zero-order valence-electron chi connectivity index (χ0n) is 9.31. The van der Waals surface area contributed by atoms with Gasteiger partial charge in [0.15, 0.2) is 5.78 Å². The molecular weight excluding hydrogens is 172 g/mol. The van der Waals surface area contributed by atoms with Crippen LogP contribution in [0.3, 0.4) is 0 Å². The fourth-order valence-electron chi connectivity index (χ4n) is 2.95. The lowest BCUT2D eigenvalue weighted by Gasteiger charge is -2.31. The van der Waals surface area contributed by atoms with E-state index in [-0.39, 0.29) is 5.41 Å². The van der Waals surface area contributed by atoms with Gasteiger partial charge in [0.1, 0.15) is 0 Å². The van der Waals surface area contributed by atoms with Crippen LogP contribution in [0.5, 0.6) is 0 Å². The minimum atomic E-state index is 0.212. The van der Waals surface area contributed by atoms with Gasteiger partial charge in [0.25, 0.3) is 0 Å². The molecule has 0 aromatic rings. The molecule has 0 aromatic heterocycles. The third-order valence-electron chi connectivity index (χ3n) is 3.56. The third-order valence-corrected chi connectivity index (χ3v) is 3.56. The van der Waals surface area contributed by atoms with E-state index in [9.17, 15) is 4.79 Å². The molecule has 0 bridgehead atoms. The molecule has 2 rings (SSSR count). The van der Waals surface area contributed by atoms with Crippen molar-refractivity contribution < 1.29 is 4.79 Å². The molecule has 1 saturated carbocycles. The number of carbonyl (C=O) groups excluding carboxylic acids is 1. The van der Waals surface area contributed by atoms with Crippen molar-refractivity contribution in [1.82, 2.24) is 0 Å². The van der Waals surface area contributed by atoms with Gasteiger partial charge < -0.3 is 0 Å². The van der Waals surface area contributed by atoms with Crippen LogP contribution >= 0.6 is 0 Å². The number of hydrogen-bond donors (Lipinski definition) is 0. The SMILES string of the molecule is CC1(C)CC(=O)C=C(C2CCCC2)C1. The first-order valence-electron chi connectivity index (χ1n) is 5.80. The second kappa shape index (κ2) is 3.52. The summed E-state index contributed by atoms with van der Waals surface area (Å²) in [6.07, 6.45) is 9.17. The predicted molar refractivity (Wildman–Crippen MR) is 58.1 cm³/mol. The Morgan fingerprint density at radius 1 is 1.21 bits per heavy atom. The van der Waals surface area contributed by atoms with Gasteiger partial charge in [-0.1, -0.05) is 32.3 Å². The van der Waals surface area contributed by atoms with Crippen LogP contribution < -0.4 is 0 Å². The van der Waals surface area contributed by atoms with Crippen LogP contribution in [0, 0.1) is 11.3 Å². The molecule has 0 radical (unpaired) electrons. The average Bonchev–Trinajstić information content (AvgIpc) is 2.51. The molecule has 78 valence electrons. The normalized spacial score (nSPS) is 27.9. The molecule has 0 aliphatic heterocycles. The molecule has 14 heavy (non-hydrogen) atoms. The fraction of sp³-hybridized carbons (Fsp3) is 0.769. The van der Waals surface area contributed by atoms with Crippen LogP contribution in [0.15, 0.2) is 11.6 Å². The van der Waals surface area contributed by atoms with Crippen LogP contribution in [0.4, 0.5) is 0 Å². The van der Waals surface area contributed by atoms with Crippen molar-refractivity contribution >= 4 is 5.78 Å². The number of hydrogen-bond acceptors (Lipinski definition) is 1. The number of rotatable bonds is 1. The molecule has 1 heteroatoms. The average molecular weight is 192 g/mol. The maximum absolute atomic E-state index is 11.6. The van der Waals surface area contributed by atoms with Crippen LogP contribution in [0.1, 0.15) is 52.4 Å². The molecule has 1 nitrogen and oxygen atoms in total. The maximum Gasteiger partial charge on any atom is 0.156 e. The van der Waals surface area contributed by atoms with E-state index in [1.807, 2.05) is 6.08 Å². The third kappa shape index (κ3) is 2.08. The summed E-state index contributed by atoms with van der Waals surface area (Å²) in [6.45, 7) is 4.43. The van der Waals surface area contributed by atoms with Crippen molar-refractivity contribution in [2.75, 3.05) is 0 Å². The highest BCUT2D eigenvalue weighted by Crippen LogP contribution is 2.41. The van der Waals surface area contributed by atoms with Gasteiger partial charge in [-0.3, -0.25) is 4.79 Å². The van der Waals surface area contributed by atoms with Crippen molar-refractivity contribution in [3.8, 4) is 0 Å². The summed E-state index contributed by atoms with van der Waals surface area (Å²) in [5.41, 5.74) is 1.66. The quantitative estimate of drug-likeness (QED) is 0.621. The zero-order chi connectivity index (χ0) is 10.2. The first-order valence-corrected chi connectivity index (χ1v) is 5.80. The molecule has 0 N–H and O–H groups in total. The Morgan fingerprint density at radius 3 is 2.43 bits per heavy atom. The minimum absolute atomic E-state index is 0.212. The summed E-state index contributed by atoms with van der Waals surface area (Å²) in [6, 6.07) is 0. The molecule has 1 fully saturated rings. The van der Waals surface area contributed by atoms with Gasteiger partial charge >= 0.3 is 0 Å². The highest BCUT2D eigenvalue weighted by atomic mass is 16.1. The monoisotopic (exact) mass is 192 g/mol. The van der Waals surface area contributed by atoms with Crippen LogP contribution in [0.2, 0.25) is 0 Å². The van der Waals surface area contributed by atoms with Crippen molar-refractivity contribution in [2.24, 2.45) is 11.3 Å². The molecule has 0 unspecified atom stereocenters. The van der Waals surface area contributed by atoms with Gasteiger partial charge in [0.05, 0.1) is 0 Å². The highest BCUT2D eigenvalue weighted by Gasteiger charge is 2.31. The van der Waals surface area contributed by atoms with Gasteiger partial charge in [-0.05, 0) is 36.7 Å². The van der Waals surface area contributed by atoms with E-state index in [1.54, 1.807) is 0 Å². The summed E-state index contributed by atoms with van der Waals surface area (Å²) >= 11 is 0. The topological polar surface area (TPSA) is 17.1 Å². The Balaban J connectivity index is 2.14. The van der Waals surface area contributed by atoms with E-state index in [1.165, 1.54) is 31.3 Å². The molecule has 0 heterocycles. The number of carbonyl (C=O) groups is 1. The maximum atomic E-state index is 11.6. The van der Waals surface area contributed by atoms with Crippen molar-refractivity contribution in [3.63, 3.8) is 0 Å². The molecular formula is C13H20O. The zero-order valence-corrected chi connectivity index (χ0v) is 9.31. The molecule has 2 aliphatic rings. The van der Waals surface area contributed by atoms with Crippen molar-refractivity contribution in [2.45, 2.75) is 52.4 Å². The summed E-state index contributed by atoms with van der Waals surface area (Å²) < 4.78 is 0. The molecule has 0 aromatic carbocycles. The summed E-state index contributed by atoms with van der Waals surface area (Å²) in [5, 5.41) is 0. The van der Waals surface area contributed by atoms with Crippen LogP contribution in [-0.4, -0.2) is 5.78 Å². The minimum Gasteiger partial charge on any atom is -0.295 e. The van der Waals surface area contributed by atoms with E-state index in [2.05, 4.69) is 13.8 Å². The van der Waals surface area contributed by atoms with Crippen LogP contribution in [0.25, 0.3) is 0 Å². The Morgan fingerprint density at radius 2 is 1.86 bits per heavy atom. The van der Waals surface area contributed by atoms with E-state index in [0.29, 0.717) is 5.78 Å². The van der Waals surface area contributed by atoms with Gasteiger partial charge in [-0.15, -0.1) is 0 Å². The molecule has 0 atom stereocenters. The Kier molecular flexibility index (Phi) is 2.50. The smallest absolute Gasteiger partial charge is 0.156 e. The second-order valence-corrected chi connectivity index (χ2v) is 5.68. The van der Waals surface area contributed by atoms with E-state index >= 15 is 0 Å². The second-order valence-electron chi connectivity index (χ2n) is 5.68. The first kappa shape index (κ1) is 9.95. The van der Waals surface area contributed by atoms with E-state index in [4.69, 9.17) is 0 Å². The predicted octanol–water partition coefficient (Wildman–Crippen LogP) is 3.49. The molecule has 0 amide bonds. The van der Waals surface area contributed by atoms with Gasteiger partial charge in [-0.2, -0.15) is 0 Å². The fourth-order valence-corrected chi connectivity index (χ4v) is 2.95.